The third-order valence-electron chi connectivity index (χ3n) is 6.17. The molecule has 0 aliphatic heterocycles. The number of unbranched alkanes of at least 4 members (excludes halogenated alkanes) is 1. The van der Waals surface area contributed by atoms with Gasteiger partial charge < -0.3 is 10.2 Å². The van der Waals surface area contributed by atoms with Crippen molar-refractivity contribution in [2.75, 3.05) is 12.3 Å². The van der Waals surface area contributed by atoms with E-state index in [0.717, 1.165) is 24.0 Å². The summed E-state index contributed by atoms with van der Waals surface area (Å²) in [7, 11) is 0. The molecule has 0 radical (unpaired) electrons. The van der Waals surface area contributed by atoms with Gasteiger partial charge in [-0.3, -0.25) is 9.59 Å². The fourth-order valence-corrected chi connectivity index (χ4v) is 5.21. The van der Waals surface area contributed by atoms with E-state index in [1.807, 2.05) is 30.3 Å². The molecule has 0 saturated heterocycles. The Hall–Kier alpha value is -3.12. The van der Waals surface area contributed by atoms with Crippen molar-refractivity contribution in [3.8, 4) is 0 Å². The molecule has 0 bridgehead atoms. The fourth-order valence-electron chi connectivity index (χ4n) is 4.36. The Balaban J connectivity index is 1.84. The lowest BCUT2D eigenvalue weighted by Crippen LogP contribution is -2.51. The average molecular weight is 521 g/mol. The van der Waals surface area contributed by atoms with Gasteiger partial charge in [-0.2, -0.15) is 0 Å². The number of carbonyl (C=O) groups excluding carboxylic acids is 2. The molecule has 3 aromatic rings. The molecule has 37 heavy (non-hydrogen) atoms. The summed E-state index contributed by atoms with van der Waals surface area (Å²) >= 11 is 1.52. The summed E-state index contributed by atoms with van der Waals surface area (Å²) in [5, 5.41) is 3.00. The van der Waals surface area contributed by atoms with Crippen molar-refractivity contribution < 1.29 is 14.0 Å². The van der Waals surface area contributed by atoms with Crippen LogP contribution in [0.1, 0.15) is 47.6 Å². The van der Waals surface area contributed by atoms with E-state index in [1.165, 1.54) is 29.0 Å². The second-order valence-corrected chi connectivity index (χ2v) is 10.4. The molecular formula is C31H37FN2O2S. The Morgan fingerprint density at radius 2 is 1.62 bits per heavy atom. The van der Waals surface area contributed by atoms with Crippen LogP contribution in [-0.4, -0.2) is 35.1 Å². The third-order valence-corrected chi connectivity index (χ3v) is 7.16. The topological polar surface area (TPSA) is 49.4 Å². The molecule has 2 amide bonds. The maximum Gasteiger partial charge on any atom is 0.243 e. The second-order valence-electron chi connectivity index (χ2n) is 9.45. The molecule has 0 fully saturated rings. The number of nitrogens with zero attached hydrogens (tertiary/aromatic N) is 1. The lowest BCUT2D eigenvalue weighted by Gasteiger charge is -2.31. The van der Waals surface area contributed by atoms with Crippen LogP contribution in [0.2, 0.25) is 0 Å². The van der Waals surface area contributed by atoms with Crippen molar-refractivity contribution in [2.24, 2.45) is 0 Å². The van der Waals surface area contributed by atoms with Crippen molar-refractivity contribution in [1.29, 1.82) is 0 Å². The summed E-state index contributed by atoms with van der Waals surface area (Å²) in [6.07, 6.45) is 2.17. The molecule has 0 saturated carbocycles. The van der Waals surface area contributed by atoms with Crippen LogP contribution in [0.3, 0.4) is 0 Å². The summed E-state index contributed by atoms with van der Waals surface area (Å²) in [6.45, 7) is 6.77. The van der Waals surface area contributed by atoms with E-state index in [0.29, 0.717) is 24.3 Å². The standard InChI is InChI=1S/C31H37FN2O2S/c1-4-5-15-33-31(36)29(19-25-11-7-6-8-12-25)34(20-27-13-9-10-14-28(27)32)30(35)22-37-21-26-17-23(2)16-24(3)18-26/h6-14,16-18,29H,4-5,15,19-22H2,1-3H3,(H,33,36)/t29-/m0/s1. The predicted octanol–water partition coefficient (Wildman–Crippen LogP) is 6.23. The molecule has 0 spiro atoms. The Morgan fingerprint density at radius 1 is 0.946 bits per heavy atom. The molecule has 196 valence electrons. The largest absolute Gasteiger partial charge is 0.354 e. The molecule has 0 aromatic heterocycles. The number of carbonyl (C=O) groups is 2. The molecular weight excluding hydrogens is 483 g/mol. The van der Waals surface area contributed by atoms with Gasteiger partial charge in [-0.05, 0) is 37.5 Å². The molecule has 1 atom stereocenters. The van der Waals surface area contributed by atoms with Crippen LogP contribution in [0, 0.1) is 19.7 Å². The third kappa shape index (κ3) is 9.04. The van der Waals surface area contributed by atoms with Gasteiger partial charge in [0, 0.05) is 30.8 Å². The number of aryl methyl sites for hydroxylation is 2. The number of nitrogens with one attached hydrogen (secondary N) is 1. The lowest BCUT2D eigenvalue weighted by atomic mass is 10.0. The first kappa shape index (κ1) is 28.5. The van der Waals surface area contributed by atoms with E-state index in [4.69, 9.17) is 0 Å². The van der Waals surface area contributed by atoms with Crippen LogP contribution in [0.25, 0.3) is 0 Å². The quantitative estimate of drug-likeness (QED) is 0.272. The summed E-state index contributed by atoms with van der Waals surface area (Å²) in [6, 6.07) is 21.7. The summed E-state index contributed by atoms with van der Waals surface area (Å²) in [4.78, 5) is 28.6. The van der Waals surface area contributed by atoms with E-state index >= 15 is 0 Å². The number of hydrogen-bond donors (Lipinski definition) is 1. The van der Waals surface area contributed by atoms with Gasteiger partial charge in [0.25, 0.3) is 0 Å². The number of hydrogen-bond acceptors (Lipinski definition) is 3. The normalized spacial score (nSPS) is 11.7. The zero-order valence-electron chi connectivity index (χ0n) is 22.0. The highest BCUT2D eigenvalue weighted by molar-refractivity contribution is 7.99. The first-order valence-corrected chi connectivity index (χ1v) is 14.0. The number of thioether (sulfide) groups is 1. The van der Waals surface area contributed by atoms with Crippen molar-refractivity contribution >= 4 is 23.6 Å². The first-order chi connectivity index (χ1) is 17.9. The maximum atomic E-state index is 14.7. The van der Waals surface area contributed by atoms with Crippen molar-refractivity contribution in [1.82, 2.24) is 10.2 Å². The molecule has 0 heterocycles. The number of halogens is 1. The van der Waals surface area contributed by atoms with Crippen LogP contribution in [0.15, 0.2) is 72.8 Å². The molecule has 4 nitrogen and oxygen atoms in total. The molecule has 0 aliphatic rings. The van der Waals surface area contributed by atoms with E-state index < -0.39 is 6.04 Å². The van der Waals surface area contributed by atoms with E-state index in [9.17, 15) is 14.0 Å². The van der Waals surface area contributed by atoms with Crippen LogP contribution in [0.5, 0.6) is 0 Å². The Morgan fingerprint density at radius 3 is 2.30 bits per heavy atom. The number of amides is 2. The predicted molar refractivity (Wildman–Crippen MR) is 151 cm³/mol. The summed E-state index contributed by atoms with van der Waals surface area (Å²) in [5.74, 6) is 0.126. The fraction of sp³-hybridized carbons (Fsp3) is 0.355. The van der Waals surface area contributed by atoms with Gasteiger partial charge in [-0.15, -0.1) is 11.8 Å². The SMILES string of the molecule is CCCCNC(=O)[C@H](Cc1ccccc1)N(Cc1ccccc1F)C(=O)CSCc1cc(C)cc(C)c1. The van der Waals surface area contributed by atoms with Crippen molar-refractivity contribution in [3.63, 3.8) is 0 Å². The van der Waals surface area contributed by atoms with E-state index in [2.05, 4.69) is 44.3 Å². The highest BCUT2D eigenvalue weighted by atomic mass is 32.2. The molecule has 3 rings (SSSR count). The maximum absolute atomic E-state index is 14.7. The molecule has 0 aliphatic carbocycles. The zero-order valence-corrected chi connectivity index (χ0v) is 22.8. The highest BCUT2D eigenvalue weighted by Crippen LogP contribution is 2.20. The lowest BCUT2D eigenvalue weighted by molar-refractivity contribution is -0.139. The summed E-state index contributed by atoms with van der Waals surface area (Å²) in [5.41, 5.74) is 4.89. The van der Waals surface area contributed by atoms with Crippen LogP contribution in [-0.2, 0) is 28.3 Å². The van der Waals surface area contributed by atoms with Gasteiger partial charge >= 0.3 is 0 Å². The zero-order chi connectivity index (χ0) is 26.6. The molecule has 6 heteroatoms. The van der Waals surface area contributed by atoms with Gasteiger partial charge in [0.1, 0.15) is 11.9 Å². The monoisotopic (exact) mass is 520 g/mol. The minimum absolute atomic E-state index is 0.0360. The molecule has 1 N–H and O–H groups in total. The number of benzene rings is 3. The van der Waals surface area contributed by atoms with Crippen LogP contribution >= 0.6 is 11.8 Å². The van der Waals surface area contributed by atoms with Crippen molar-refractivity contribution in [3.05, 3.63) is 106 Å². The van der Waals surface area contributed by atoms with Crippen molar-refractivity contribution in [2.45, 2.75) is 58.4 Å². The smallest absolute Gasteiger partial charge is 0.243 e. The molecule has 3 aromatic carbocycles. The van der Waals surface area contributed by atoms with Gasteiger partial charge in [0.2, 0.25) is 11.8 Å². The van der Waals surface area contributed by atoms with Crippen LogP contribution < -0.4 is 5.32 Å². The van der Waals surface area contributed by atoms with Gasteiger partial charge in [0.15, 0.2) is 0 Å². The van der Waals surface area contributed by atoms with Gasteiger partial charge in [-0.25, -0.2) is 4.39 Å². The van der Waals surface area contributed by atoms with E-state index in [1.54, 1.807) is 23.1 Å². The number of rotatable bonds is 13. The van der Waals surface area contributed by atoms with Crippen LogP contribution in [0.4, 0.5) is 4.39 Å². The minimum Gasteiger partial charge on any atom is -0.354 e. The summed E-state index contributed by atoms with van der Waals surface area (Å²) < 4.78 is 14.7. The average Bonchev–Trinajstić information content (AvgIpc) is 2.87. The van der Waals surface area contributed by atoms with E-state index in [-0.39, 0.29) is 29.9 Å². The second kappa shape index (κ2) is 14.6. The Bertz CT molecular complexity index is 1150. The highest BCUT2D eigenvalue weighted by Gasteiger charge is 2.30. The minimum atomic E-state index is -0.742. The Labute approximate surface area is 224 Å². The Kier molecular flexibility index (Phi) is 11.2. The first-order valence-electron chi connectivity index (χ1n) is 12.9. The van der Waals surface area contributed by atoms with Gasteiger partial charge in [0.05, 0.1) is 5.75 Å². The van der Waals surface area contributed by atoms with Gasteiger partial charge in [-0.1, -0.05) is 91.2 Å². The molecule has 0 unspecified atom stereocenters.